The third-order valence-electron chi connectivity index (χ3n) is 2.45. The lowest BCUT2D eigenvalue weighted by atomic mass is 10.2. The van der Waals surface area contributed by atoms with Crippen molar-refractivity contribution in [1.82, 2.24) is 9.97 Å². The Kier molecular flexibility index (Phi) is 3.78. The highest BCUT2D eigenvalue weighted by atomic mass is 16.5. The van der Waals surface area contributed by atoms with Crippen LogP contribution in [0.25, 0.3) is 0 Å². The maximum Gasteiger partial charge on any atom is 0.183 e. The van der Waals surface area contributed by atoms with Crippen molar-refractivity contribution in [3.8, 4) is 17.6 Å². The number of nitriles is 1. The van der Waals surface area contributed by atoms with Crippen LogP contribution < -0.4 is 14.8 Å². The number of ether oxygens (including phenoxy) is 2. The molecule has 0 aliphatic carbocycles. The molecule has 1 N–H and O–H groups in total. The van der Waals surface area contributed by atoms with Crippen LogP contribution in [0.5, 0.6) is 11.5 Å². The highest BCUT2D eigenvalue weighted by molar-refractivity contribution is 5.64. The first-order chi connectivity index (χ1) is 9.28. The highest BCUT2D eigenvalue weighted by Gasteiger charge is 2.08. The summed E-state index contributed by atoms with van der Waals surface area (Å²) in [4.78, 5) is 8.00. The third kappa shape index (κ3) is 2.72. The second-order valence-electron chi connectivity index (χ2n) is 3.56. The number of hydrogen-bond donors (Lipinski definition) is 1. The predicted octanol–water partition coefficient (Wildman–Crippen LogP) is 2.11. The largest absolute Gasteiger partial charge is 0.493 e. The zero-order valence-electron chi connectivity index (χ0n) is 10.5. The molecule has 0 fully saturated rings. The van der Waals surface area contributed by atoms with E-state index in [0.717, 1.165) is 5.69 Å². The van der Waals surface area contributed by atoms with Crippen LogP contribution in [0.1, 0.15) is 5.69 Å². The number of nitrogens with one attached hydrogen (secondary N) is 1. The Hall–Kier alpha value is -2.81. The number of benzene rings is 1. The van der Waals surface area contributed by atoms with Crippen LogP contribution in [-0.4, -0.2) is 24.2 Å². The van der Waals surface area contributed by atoms with Gasteiger partial charge in [-0.05, 0) is 12.1 Å². The Morgan fingerprint density at radius 1 is 1.11 bits per heavy atom. The van der Waals surface area contributed by atoms with Gasteiger partial charge in [0.15, 0.2) is 23.0 Å². The number of rotatable bonds is 4. The highest BCUT2D eigenvalue weighted by Crippen LogP contribution is 2.30. The summed E-state index contributed by atoms with van der Waals surface area (Å²) in [5, 5.41) is 12.0. The van der Waals surface area contributed by atoms with Crippen LogP contribution in [0.2, 0.25) is 0 Å². The van der Waals surface area contributed by atoms with E-state index >= 15 is 0 Å². The van der Waals surface area contributed by atoms with Gasteiger partial charge in [0.2, 0.25) is 0 Å². The Morgan fingerprint density at radius 3 is 2.53 bits per heavy atom. The molecule has 1 aromatic carbocycles. The second kappa shape index (κ2) is 5.69. The summed E-state index contributed by atoms with van der Waals surface area (Å²) in [5.41, 5.74) is 0.965. The van der Waals surface area contributed by atoms with E-state index in [1.807, 2.05) is 6.07 Å². The van der Waals surface area contributed by atoms with Crippen molar-refractivity contribution in [2.24, 2.45) is 0 Å². The van der Waals surface area contributed by atoms with Crippen molar-refractivity contribution in [3.05, 3.63) is 36.3 Å². The minimum absolute atomic E-state index is 0.234. The van der Waals surface area contributed by atoms with Gasteiger partial charge in [-0.15, -0.1) is 0 Å². The van der Waals surface area contributed by atoms with E-state index in [0.29, 0.717) is 17.3 Å². The van der Waals surface area contributed by atoms with Gasteiger partial charge in [0, 0.05) is 24.1 Å². The molecule has 0 radical (unpaired) electrons. The van der Waals surface area contributed by atoms with Crippen LogP contribution in [0, 0.1) is 11.3 Å². The SMILES string of the molecule is COc1ccc(Nc2nccnc2C#N)cc1OC. The van der Waals surface area contributed by atoms with Crippen LogP contribution in [0.15, 0.2) is 30.6 Å². The van der Waals surface area contributed by atoms with E-state index in [1.165, 1.54) is 12.4 Å². The molecule has 0 amide bonds. The predicted molar refractivity (Wildman–Crippen MR) is 69.6 cm³/mol. The summed E-state index contributed by atoms with van der Waals surface area (Å²) in [6.45, 7) is 0. The number of aromatic nitrogens is 2. The molecule has 0 bridgehead atoms. The lowest BCUT2D eigenvalue weighted by Gasteiger charge is -2.11. The van der Waals surface area contributed by atoms with Crippen molar-refractivity contribution in [2.75, 3.05) is 19.5 Å². The molecule has 0 spiro atoms. The average Bonchev–Trinajstić information content (AvgIpc) is 2.47. The first-order valence-corrected chi connectivity index (χ1v) is 5.48. The van der Waals surface area contributed by atoms with Crippen LogP contribution in [0.3, 0.4) is 0 Å². The van der Waals surface area contributed by atoms with E-state index in [-0.39, 0.29) is 5.69 Å². The molecule has 0 unspecified atom stereocenters. The minimum Gasteiger partial charge on any atom is -0.493 e. The molecule has 0 aliphatic heterocycles. The van der Waals surface area contributed by atoms with Crippen LogP contribution in [0.4, 0.5) is 11.5 Å². The van der Waals surface area contributed by atoms with Crippen LogP contribution >= 0.6 is 0 Å². The first kappa shape index (κ1) is 12.6. The monoisotopic (exact) mass is 256 g/mol. The Bertz CT molecular complexity index is 622. The van der Waals surface area contributed by atoms with Crippen molar-refractivity contribution >= 4 is 11.5 Å². The molecule has 19 heavy (non-hydrogen) atoms. The maximum absolute atomic E-state index is 8.94. The van der Waals surface area contributed by atoms with Gasteiger partial charge in [-0.2, -0.15) is 5.26 Å². The molecule has 6 nitrogen and oxygen atoms in total. The second-order valence-corrected chi connectivity index (χ2v) is 3.56. The number of anilines is 2. The van der Waals surface area contributed by atoms with Crippen molar-refractivity contribution < 1.29 is 9.47 Å². The van der Waals surface area contributed by atoms with Gasteiger partial charge in [0.25, 0.3) is 0 Å². The van der Waals surface area contributed by atoms with E-state index in [1.54, 1.807) is 32.4 Å². The fourth-order valence-electron chi connectivity index (χ4n) is 1.56. The third-order valence-corrected chi connectivity index (χ3v) is 2.45. The summed E-state index contributed by atoms with van der Waals surface area (Å²) in [6, 6.07) is 7.30. The summed E-state index contributed by atoms with van der Waals surface area (Å²) >= 11 is 0. The molecular formula is C13H12N4O2. The fraction of sp³-hybridized carbons (Fsp3) is 0.154. The standard InChI is InChI=1S/C13H12N4O2/c1-18-11-4-3-9(7-12(11)19-2)17-13-10(8-14)15-5-6-16-13/h3-7H,1-2H3,(H,16,17). The first-order valence-electron chi connectivity index (χ1n) is 5.48. The maximum atomic E-state index is 8.94. The lowest BCUT2D eigenvalue weighted by molar-refractivity contribution is 0.355. The molecule has 2 aromatic rings. The van der Waals surface area contributed by atoms with Gasteiger partial charge >= 0.3 is 0 Å². The zero-order chi connectivity index (χ0) is 13.7. The van der Waals surface area contributed by atoms with E-state index in [4.69, 9.17) is 14.7 Å². The summed E-state index contributed by atoms with van der Waals surface area (Å²) in [6.07, 6.45) is 2.99. The van der Waals surface area contributed by atoms with Gasteiger partial charge in [0.05, 0.1) is 14.2 Å². The molecule has 0 atom stereocenters. The number of hydrogen-bond acceptors (Lipinski definition) is 6. The average molecular weight is 256 g/mol. The van der Waals surface area contributed by atoms with Gasteiger partial charge in [-0.3, -0.25) is 0 Å². The molecule has 1 aromatic heterocycles. The molecule has 96 valence electrons. The van der Waals surface area contributed by atoms with E-state index in [9.17, 15) is 0 Å². The molecule has 0 saturated heterocycles. The number of nitrogens with zero attached hydrogens (tertiary/aromatic N) is 3. The fourth-order valence-corrected chi connectivity index (χ4v) is 1.56. The smallest absolute Gasteiger partial charge is 0.183 e. The lowest BCUT2D eigenvalue weighted by Crippen LogP contribution is -1.99. The topological polar surface area (TPSA) is 80.1 Å². The normalized spacial score (nSPS) is 9.53. The van der Waals surface area contributed by atoms with Gasteiger partial charge in [0.1, 0.15) is 6.07 Å². The molecule has 0 saturated carbocycles. The zero-order valence-corrected chi connectivity index (χ0v) is 10.5. The quantitative estimate of drug-likeness (QED) is 0.902. The molecule has 2 rings (SSSR count). The van der Waals surface area contributed by atoms with Gasteiger partial charge in [-0.25, -0.2) is 9.97 Å². The summed E-state index contributed by atoms with van der Waals surface area (Å²) in [5.74, 6) is 1.62. The van der Waals surface area contributed by atoms with Gasteiger partial charge < -0.3 is 14.8 Å². The Balaban J connectivity index is 2.31. The summed E-state index contributed by atoms with van der Waals surface area (Å²) in [7, 11) is 3.13. The van der Waals surface area contributed by atoms with E-state index < -0.39 is 0 Å². The number of methoxy groups -OCH3 is 2. The molecule has 0 aliphatic rings. The van der Waals surface area contributed by atoms with E-state index in [2.05, 4.69) is 15.3 Å². The Morgan fingerprint density at radius 2 is 1.84 bits per heavy atom. The van der Waals surface area contributed by atoms with Crippen molar-refractivity contribution in [3.63, 3.8) is 0 Å². The molecular weight excluding hydrogens is 244 g/mol. The summed E-state index contributed by atoms with van der Waals surface area (Å²) < 4.78 is 10.4. The van der Waals surface area contributed by atoms with Crippen LogP contribution in [-0.2, 0) is 0 Å². The minimum atomic E-state index is 0.234. The van der Waals surface area contributed by atoms with Crippen molar-refractivity contribution in [1.29, 1.82) is 5.26 Å². The van der Waals surface area contributed by atoms with Crippen molar-refractivity contribution in [2.45, 2.75) is 0 Å². The molecule has 1 heterocycles. The molecule has 6 heteroatoms. The Labute approximate surface area is 110 Å². The van der Waals surface area contributed by atoms with Gasteiger partial charge in [-0.1, -0.05) is 0 Å².